The Hall–Kier alpha value is -3.64. The largest absolute Gasteiger partial charge is 0.490 e. The first-order chi connectivity index (χ1) is 16.8. The van der Waals surface area contributed by atoms with E-state index in [9.17, 15) is 13.2 Å². The maximum absolute atomic E-state index is 10.6. The maximum Gasteiger partial charge on any atom is 0.490 e. The highest BCUT2D eigenvalue weighted by atomic mass is 19.4. The van der Waals surface area contributed by atoms with Crippen LogP contribution in [0.1, 0.15) is 6.42 Å². The number of nitrogens with one attached hydrogen (secondary N) is 1. The quantitative estimate of drug-likeness (QED) is 0.481. The third-order valence-corrected chi connectivity index (χ3v) is 4.92. The second-order valence-corrected chi connectivity index (χ2v) is 7.45. The van der Waals surface area contributed by atoms with E-state index in [1.165, 1.54) is 0 Å². The molecule has 1 saturated heterocycles. The summed E-state index contributed by atoms with van der Waals surface area (Å²) in [6.07, 6.45) is -2.32. The van der Waals surface area contributed by atoms with E-state index in [2.05, 4.69) is 25.4 Å². The van der Waals surface area contributed by atoms with Crippen molar-refractivity contribution in [2.24, 2.45) is 0 Å². The fourth-order valence-electron chi connectivity index (χ4n) is 3.18. The van der Waals surface area contributed by atoms with Gasteiger partial charge in [0.1, 0.15) is 11.4 Å². The lowest BCUT2D eigenvalue weighted by molar-refractivity contribution is -0.192. The first kappa shape index (κ1) is 26.0. The molecule has 4 rings (SSSR count). The van der Waals surface area contributed by atoms with Gasteiger partial charge < -0.3 is 15.2 Å². The number of ether oxygens (including phenoxy) is 1. The molecule has 35 heavy (non-hydrogen) atoms. The summed E-state index contributed by atoms with van der Waals surface area (Å²) in [5.41, 5.74) is 2.46. The number of alkyl halides is 3. The van der Waals surface area contributed by atoms with Crippen LogP contribution in [0.3, 0.4) is 0 Å². The molecular weight excluding hydrogens is 465 g/mol. The van der Waals surface area contributed by atoms with Gasteiger partial charge in [0.05, 0.1) is 13.2 Å². The number of benzene rings is 1. The molecule has 2 aromatic heterocycles. The van der Waals surface area contributed by atoms with Gasteiger partial charge in [-0.05, 0) is 25.1 Å². The molecule has 0 radical (unpaired) electrons. The van der Waals surface area contributed by atoms with Crippen LogP contribution in [-0.2, 0) is 9.53 Å². The van der Waals surface area contributed by atoms with Crippen molar-refractivity contribution >= 4 is 11.8 Å². The smallest absolute Gasteiger partial charge is 0.475 e. The van der Waals surface area contributed by atoms with Gasteiger partial charge in [0.2, 0.25) is 5.82 Å². The van der Waals surface area contributed by atoms with E-state index >= 15 is 0 Å². The molecule has 0 bridgehead atoms. The zero-order chi connectivity index (χ0) is 25.1. The van der Waals surface area contributed by atoms with E-state index < -0.39 is 12.1 Å². The number of carboxylic acid groups (broad SMARTS) is 1. The summed E-state index contributed by atoms with van der Waals surface area (Å²) in [5.74, 6) is -1.49. The van der Waals surface area contributed by atoms with Gasteiger partial charge in [0, 0.05) is 31.4 Å². The Morgan fingerprint density at radius 2 is 1.74 bits per heavy atom. The highest BCUT2D eigenvalue weighted by molar-refractivity contribution is 5.73. The molecule has 186 valence electrons. The monoisotopic (exact) mass is 490 g/mol. The van der Waals surface area contributed by atoms with Gasteiger partial charge in [-0.15, -0.1) is 10.2 Å². The van der Waals surface area contributed by atoms with Gasteiger partial charge in [-0.1, -0.05) is 36.4 Å². The van der Waals surface area contributed by atoms with E-state index in [1.807, 2.05) is 48.5 Å². The van der Waals surface area contributed by atoms with Crippen LogP contribution < -0.4 is 5.32 Å². The van der Waals surface area contributed by atoms with Crippen molar-refractivity contribution in [2.75, 3.05) is 44.7 Å². The fourth-order valence-corrected chi connectivity index (χ4v) is 3.18. The molecule has 1 aromatic carbocycles. The molecule has 2 N–H and O–H groups in total. The number of aromatic nitrogens is 4. The van der Waals surface area contributed by atoms with Crippen molar-refractivity contribution in [3.05, 3.63) is 54.7 Å². The molecule has 1 fully saturated rings. The predicted molar refractivity (Wildman–Crippen MR) is 123 cm³/mol. The third-order valence-electron chi connectivity index (χ3n) is 4.92. The number of nitrogens with zero attached hydrogens (tertiary/aromatic N) is 5. The number of pyridine rings is 1. The SMILES string of the molecule is O=C(O)C(F)(F)F.c1ccc(-c2nnc(-c3ccccn3)nc2NCCCN2CCOCC2)cc1. The van der Waals surface area contributed by atoms with Crippen LogP contribution in [0.4, 0.5) is 19.0 Å². The lowest BCUT2D eigenvalue weighted by atomic mass is 10.1. The average Bonchev–Trinajstić information content (AvgIpc) is 2.88. The van der Waals surface area contributed by atoms with Crippen LogP contribution in [0.15, 0.2) is 54.7 Å². The van der Waals surface area contributed by atoms with E-state index in [1.54, 1.807) is 6.20 Å². The van der Waals surface area contributed by atoms with Crippen molar-refractivity contribution in [1.29, 1.82) is 0 Å². The molecule has 12 heteroatoms. The second-order valence-electron chi connectivity index (χ2n) is 7.45. The number of hydrogen-bond acceptors (Lipinski definition) is 8. The van der Waals surface area contributed by atoms with Crippen molar-refractivity contribution in [3.63, 3.8) is 0 Å². The Balaban J connectivity index is 0.000000429. The van der Waals surface area contributed by atoms with Gasteiger partial charge in [-0.2, -0.15) is 13.2 Å². The Morgan fingerprint density at radius 3 is 2.37 bits per heavy atom. The van der Waals surface area contributed by atoms with E-state index in [-0.39, 0.29) is 0 Å². The predicted octanol–water partition coefficient (Wildman–Crippen LogP) is 3.37. The standard InChI is InChI=1S/C21H24N6O.C2HF3O2/c1-2-7-17(8-3-1)19-21(23-11-6-12-27-13-15-28-16-14-27)24-20(26-25-19)18-9-4-5-10-22-18;3-2(4,5)1(6)7/h1-5,7-10H,6,11-16H2,(H,23,24,26);(H,6,7). The third kappa shape index (κ3) is 8.26. The summed E-state index contributed by atoms with van der Waals surface area (Å²) in [6, 6.07) is 15.7. The zero-order valence-electron chi connectivity index (χ0n) is 18.8. The lowest BCUT2D eigenvalue weighted by Crippen LogP contribution is -2.37. The zero-order valence-corrected chi connectivity index (χ0v) is 18.8. The van der Waals surface area contributed by atoms with Crippen LogP contribution >= 0.6 is 0 Å². The second kappa shape index (κ2) is 12.7. The van der Waals surface area contributed by atoms with Crippen molar-refractivity contribution in [2.45, 2.75) is 12.6 Å². The Morgan fingerprint density at radius 1 is 1.06 bits per heavy atom. The first-order valence-corrected chi connectivity index (χ1v) is 10.9. The highest BCUT2D eigenvalue weighted by Crippen LogP contribution is 2.25. The van der Waals surface area contributed by atoms with E-state index in [0.717, 1.165) is 62.9 Å². The van der Waals surface area contributed by atoms with Crippen LogP contribution in [0, 0.1) is 0 Å². The molecule has 3 heterocycles. The van der Waals surface area contributed by atoms with E-state index in [4.69, 9.17) is 19.6 Å². The van der Waals surface area contributed by atoms with Crippen LogP contribution in [0.2, 0.25) is 0 Å². The molecule has 3 aromatic rings. The molecule has 1 aliphatic rings. The molecule has 0 saturated carbocycles. The van der Waals surface area contributed by atoms with Crippen molar-refractivity contribution in [1.82, 2.24) is 25.1 Å². The lowest BCUT2D eigenvalue weighted by Gasteiger charge is -2.26. The molecule has 1 aliphatic heterocycles. The molecule has 9 nitrogen and oxygen atoms in total. The normalized spacial score (nSPS) is 14.0. The van der Waals surface area contributed by atoms with Crippen molar-refractivity contribution in [3.8, 4) is 22.8 Å². The number of rotatable bonds is 7. The summed E-state index contributed by atoms with van der Waals surface area (Å²) >= 11 is 0. The highest BCUT2D eigenvalue weighted by Gasteiger charge is 2.38. The van der Waals surface area contributed by atoms with Crippen LogP contribution in [0.25, 0.3) is 22.8 Å². The molecule has 0 amide bonds. The van der Waals surface area contributed by atoms with Gasteiger partial charge in [0.15, 0.2) is 5.82 Å². The number of hydrogen-bond donors (Lipinski definition) is 2. The summed E-state index contributed by atoms with van der Waals surface area (Å²) < 4.78 is 37.1. The molecular formula is C23H25F3N6O3. The number of halogens is 3. The van der Waals surface area contributed by atoms with Gasteiger partial charge in [-0.3, -0.25) is 9.88 Å². The Kier molecular flexibility index (Phi) is 9.44. The average molecular weight is 490 g/mol. The fraction of sp³-hybridized carbons (Fsp3) is 0.348. The van der Waals surface area contributed by atoms with Gasteiger partial charge in [-0.25, -0.2) is 9.78 Å². The summed E-state index contributed by atoms with van der Waals surface area (Å²) in [7, 11) is 0. The number of anilines is 1. The maximum atomic E-state index is 10.6. The summed E-state index contributed by atoms with van der Waals surface area (Å²) in [5, 5.41) is 19.3. The molecule has 0 aliphatic carbocycles. The van der Waals surface area contributed by atoms with Crippen molar-refractivity contribution < 1.29 is 27.8 Å². The van der Waals surface area contributed by atoms with E-state index in [0.29, 0.717) is 11.5 Å². The minimum Gasteiger partial charge on any atom is -0.475 e. The number of carbonyl (C=O) groups is 1. The Bertz CT molecular complexity index is 1070. The number of morpholine rings is 1. The molecule has 0 unspecified atom stereocenters. The summed E-state index contributed by atoms with van der Waals surface area (Å²) in [4.78, 5) is 20.4. The number of aliphatic carboxylic acids is 1. The molecule has 0 spiro atoms. The first-order valence-electron chi connectivity index (χ1n) is 10.9. The van der Waals surface area contributed by atoms with Gasteiger partial charge in [0.25, 0.3) is 0 Å². The van der Waals surface area contributed by atoms with Gasteiger partial charge >= 0.3 is 12.1 Å². The number of carboxylic acids is 1. The van der Waals surface area contributed by atoms with Crippen LogP contribution in [-0.4, -0.2) is 81.7 Å². The topological polar surface area (TPSA) is 113 Å². The summed E-state index contributed by atoms with van der Waals surface area (Å²) in [6.45, 7) is 5.53. The van der Waals surface area contributed by atoms with Crippen LogP contribution in [0.5, 0.6) is 0 Å². The Labute approximate surface area is 200 Å². The minimum absolute atomic E-state index is 0.524. The molecule has 0 atom stereocenters. The minimum atomic E-state index is -5.08.